The van der Waals surface area contributed by atoms with E-state index in [1.807, 2.05) is 18.9 Å². The monoisotopic (exact) mass is 275 g/mol. The lowest BCUT2D eigenvalue weighted by atomic mass is 10.2. The zero-order chi connectivity index (χ0) is 15.0. The van der Waals surface area contributed by atoms with Crippen LogP contribution in [0.2, 0.25) is 0 Å². The average molecular weight is 275 g/mol. The summed E-state index contributed by atoms with van der Waals surface area (Å²) >= 11 is 0. The predicted octanol–water partition coefficient (Wildman–Crippen LogP) is 2.91. The van der Waals surface area contributed by atoms with E-state index in [4.69, 9.17) is 5.26 Å². The number of aromatic nitrogens is 2. The molecule has 110 valence electrons. The van der Waals surface area contributed by atoms with Crippen LogP contribution in [0.5, 0.6) is 0 Å². The van der Waals surface area contributed by atoms with Crippen LogP contribution in [-0.4, -0.2) is 30.1 Å². The Labute approximate surface area is 122 Å². The maximum atomic E-state index is 8.72. The number of nitriles is 1. The van der Waals surface area contributed by atoms with Crippen LogP contribution >= 0.6 is 0 Å². The van der Waals surface area contributed by atoms with Gasteiger partial charge in [0.05, 0.1) is 12.5 Å². The third kappa shape index (κ3) is 4.37. The van der Waals surface area contributed by atoms with Crippen molar-refractivity contribution in [3.05, 3.63) is 11.4 Å². The van der Waals surface area contributed by atoms with E-state index in [0.717, 1.165) is 48.8 Å². The number of nitrogens with one attached hydrogen (secondary N) is 1. The predicted molar refractivity (Wildman–Crippen MR) is 83.0 cm³/mol. The van der Waals surface area contributed by atoms with Crippen molar-refractivity contribution in [2.75, 3.05) is 30.4 Å². The van der Waals surface area contributed by atoms with Gasteiger partial charge in [-0.05, 0) is 19.8 Å². The molecular weight excluding hydrogens is 250 g/mol. The highest BCUT2D eigenvalue weighted by atomic mass is 15.2. The molecule has 0 saturated heterocycles. The Hall–Kier alpha value is -1.83. The highest BCUT2D eigenvalue weighted by Crippen LogP contribution is 2.23. The molecule has 5 heteroatoms. The van der Waals surface area contributed by atoms with Gasteiger partial charge in [-0.25, -0.2) is 9.97 Å². The van der Waals surface area contributed by atoms with Gasteiger partial charge in [0, 0.05) is 32.1 Å². The molecule has 0 unspecified atom stereocenters. The zero-order valence-corrected chi connectivity index (χ0v) is 13.0. The van der Waals surface area contributed by atoms with Crippen LogP contribution in [0, 0.1) is 18.3 Å². The maximum absolute atomic E-state index is 8.72. The van der Waals surface area contributed by atoms with Crippen molar-refractivity contribution in [1.29, 1.82) is 5.26 Å². The van der Waals surface area contributed by atoms with Gasteiger partial charge in [-0.2, -0.15) is 5.26 Å². The number of hydrogen-bond donors (Lipinski definition) is 1. The van der Waals surface area contributed by atoms with E-state index in [1.165, 1.54) is 0 Å². The van der Waals surface area contributed by atoms with Gasteiger partial charge >= 0.3 is 0 Å². The quantitative estimate of drug-likeness (QED) is 0.790. The van der Waals surface area contributed by atoms with Crippen molar-refractivity contribution < 1.29 is 0 Å². The number of aryl methyl sites for hydroxylation is 1. The molecule has 0 aliphatic rings. The van der Waals surface area contributed by atoms with Crippen LogP contribution in [0.3, 0.4) is 0 Å². The van der Waals surface area contributed by atoms with Crippen LogP contribution < -0.4 is 10.2 Å². The average Bonchev–Trinajstić information content (AvgIpc) is 2.45. The van der Waals surface area contributed by atoms with Gasteiger partial charge in [0.2, 0.25) is 0 Å². The third-order valence-corrected chi connectivity index (χ3v) is 3.10. The fourth-order valence-corrected chi connectivity index (χ4v) is 2.00. The van der Waals surface area contributed by atoms with E-state index in [0.29, 0.717) is 13.0 Å². The second-order valence-electron chi connectivity index (χ2n) is 4.94. The molecule has 1 aromatic rings. The normalized spacial score (nSPS) is 10.2. The SMILES string of the molecule is CCCNc1nc(CCC)nc(N(C)CCC#N)c1C. The van der Waals surface area contributed by atoms with Crippen molar-refractivity contribution in [1.82, 2.24) is 9.97 Å². The molecule has 1 rings (SSSR count). The number of rotatable bonds is 8. The van der Waals surface area contributed by atoms with Gasteiger partial charge in [0.15, 0.2) is 0 Å². The Balaban J connectivity index is 3.06. The van der Waals surface area contributed by atoms with Crippen LogP contribution in [0.15, 0.2) is 0 Å². The van der Waals surface area contributed by atoms with Crippen molar-refractivity contribution in [3.63, 3.8) is 0 Å². The van der Waals surface area contributed by atoms with E-state index in [2.05, 4.69) is 35.2 Å². The molecule has 0 spiro atoms. The molecule has 0 aliphatic carbocycles. The summed E-state index contributed by atoms with van der Waals surface area (Å²) in [6, 6.07) is 2.18. The summed E-state index contributed by atoms with van der Waals surface area (Å²) in [5.74, 6) is 2.72. The molecule has 0 saturated carbocycles. The second kappa shape index (κ2) is 8.36. The van der Waals surface area contributed by atoms with Crippen molar-refractivity contribution in [2.45, 2.75) is 46.5 Å². The Morgan fingerprint density at radius 2 is 2.00 bits per heavy atom. The van der Waals surface area contributed by atoms with Gasteiger partial charge in [-0.15, -0.1) is 0 Å². The molecule has 1 aromatic heterocycles. The third-order valence-electron chi connectivity index (χ3n) is 3.10. The number of nitrogens with zero attached hydrogens (tertiary/aromatic N) is 4. The molecule has 0 fully saturated rings. The summed E-state index contributed by atoms with van der Waals surface area (Å²) in [7, 11) is 1.98. The fraction of sp³-hybridized carbons (Fsp3) is 0.667. The number of hydrogen-bond acceptors (Lipinski definition) is 5. The smallest absolute Gasteiger partial charge is 0.137 e. The summed E-state index contributed by atoms with van der Waals surface area (Å²) in [5, 5.41) is 12.1. The van der Waals surface area contributed by atoms with Gasteiger partial charge in [-0.1, -0.05) is 13.8 Å². The molecular formula is C15H25N5. The van der Waals surface area contributed by atoms with Gasteiger partial charge < -0.3 is 10.2 Å². The van der Waals surface area contributed by atoms with E-state index in [9.17, 15) is 0 Å². The summed E-state index contributed by atoms with van der Waals surface area (Å²) in [6.45, 7) is 7.89. The molecule has 0 aliphatic heterocycles. The van der Waals surface area contributed by atoms with Crippen LogP contribution in [0.25, 0.3) is 0 Å². The van der Waals surface area contributed by atoms with Crippen LogP contribution in [0.4, 0.5) is 11.6 Å². The van der Waals surface area contributed by atoms with Crippen molar-refractivity contribution in [3.8, 4) is 6.07 Å². The molecule has 20 heavy (non-hydrogen) atoms. The molecule has 0 atom stereocenters. The van der Waals surface area contributed by atoms with E-state index < -0.39 is 0 Å². The Morgan fingerprint density at radius 1 is 1.25 bits per heavy atom. The topological polar surface area (TPSA) is 64.8 Å². The first kappa shape index (κ1) is 16.2. The van der Waals surface area contributed by atoms with Crippen molar-refractivity contribution in [2.24, 2.45) is 0 Å². The Morgan fingerprint density at radius 3 is 2.60 bits per heavy atom. The standard InChI is InChI=1S/C15H25N5/c1-5-8-13-18-14(17-10-6-2)12(3)15(19-13)20(4)11-7-9-16/h5-8,10-11H2,1-4H3,(H,17,18,19). The van der Waals surface area contributed by atoms with Crippen molar-refractivity contribution >= 4 is 11.6 Å². The first-order valence-electron chi connectivity index (χ1n) is 7.33. The summed E-state index contributed by atoms with van der Waals surface area (Å²) in [6.07, 6.45) is 3.46. The maximum Gasteiger partial charge on any atom is 0.137 e. The van der Waals surface area contributed by atoms with E-state index >= 15 is 0 Å². The molecule has 0 radical (unpaired) electrons. The largest absolute Gasteiger partial charge is 0.370 e. The van der Waals surface area contributed by atoms with E-state index in [1.54, 1.807) is 0 Å². The highest BCUT2D eigenvalue weighted by Gasteiger charge is 2.13. The molecule has 1 heterocycles. The first-order valence-corrected chi connectivity index (χ1v) is 7.33. The van der Waals surface area contributed by atoms with Crippen LogP contribution in [-0.2, 0) is 6.42 Å². The summed E-state index contributed by atoms with van der Waals surface area (Å²) < 4.78 is 0. The fourth-order valence-electron chi connectivity index (χ4n) is 2.00. The molecule has 0 amide bonds. The summed E-state index contributed by atoms with van der Waals surface area (Å²) in [4.78, 5) is 11.3. The zero-order valence-electron chi connectivity index (χ0n) is 13.0. The first-order chi connectivity index (χ1) is 9.63. The highest BCUT2D eigenvalue weighted by molar-refractivity contribution is 5.58. The lowest BCUT2D eigenvalue weighted by Crippen LogP contribution is -2.22. The molecule has 0 bridgehead atoms. The van der Waals surface area contributed by atoms with Gasteiger partial charge in [0.1, 0.15) is 17.5 Å². The second-order valence-corrected chi connectivity index (χ2v) is 4.94. The number of anilines is 2. The minimum absolute atomic E-state index is 0.501. The lowest BCUT2D eigenvalue weighted by Gasteiger charge is -2.21. The Kier molecular flexibility index (Phi) is 6.78. The summed E-state index contributed by atoms with van der Waals surface area (Å²) in [5.41, 5.74) is 1.05. The lowest BCUT2D eigenvalue weighted by molar-refractivity contribution is 0.803. The van der Waals surface area contributed by atoms with Gasteiger partial charge in [0.25, 0.3) is 0 Å². The molecule has 1 N–H and O–H groups in total. The molecule has 5 nitrogen and oxygen atoms in total. The van der Waals surface area contributed by atoms with Gasteiger partial charge in [-0.3, -0.25) is 0 Å². The van der Waals surface area contributed by atoms with Crippen LogP contribution in [0.1, 0.15) is 44.5 Å². The Bertz CT molecular complexity index is 464. The minimum Gasteiger partial charge on any atom is -0.370 e. The van der Waals surface area contributed by atoms with E-state index in [-0.39, 0.29) is 0 Å². The minimum atomic E-state index is 0.501. The molecule has 0 aromatic carbocycles.